The average molecular weight is 674 g/mol. The Balaban J connectivity index is 0.000000259. The number of rotatable bonds is 12. The van der Waals surface area contributed by atoms with E-state index in [9.17, 15) is 26.8 Å². The van der Waals surface area contributed by atoms with Gasteiger partial charge in [-0.15, -0.1) is 0 Å². The SMILES string of the molecule is CCCCNC(=O)NS(=O)(=O)c1ccc(C)cc1.O=C(Nc1c(Cl)cncc1Cl)c1ccc(OC(F)F)c(OCC2CC2)c1. The van der Waals surface area contributed by atoms with Gasteiger partial charge in [-0.25, -0.2) is 17.9 Å². The number of alkyl halides is 2. The lowest BCUT2D eigenvalue weighted by atomic mass is 10.2. The number of ether oxygens (including phenoxy) is 2. The molecule has 10 nitrogen and oxygen atoms in total. The van der Waals surface area contributed by atoms with Crippen LogP contribution in [0.25, 0.3) is 0 Å². The van der Waals surface area contributed by atoms with Gasteiger partial charge in [0.2, 0.25) is 0 Å². The van der Waals surface area contributed by atoms with E-state index in [1.165, 1.54) is 42.7 Å². The van der Waals surface area contributed by atoms with Gasteiger partial charge in [-0.3, -0.25) is 9.78 Å². The third-order valence-electron chi connectivity index (χ3n) is 6.06. The minimum atomic E-state index is -3.78. The van der Waals surface area contributed by atoms with Gasteiger partial charge in [0.15, 0.2) is 11.5 Å². The first-order valence-corrected chi connectivity index (χ1v) is 15.8. The number of amides is 3. The molecule has 1 aliphatic rings. The molecule has 1 aliphatic carbocycles. The number of unbranched alkanes of at least 4 members (excludes halogenated alkanes) is 1. The lowest BCUT2D eigenvalue weighted by Crippen LogP contribution is -2.39. The normalized spacial score (nSPS) is 12.5. The van der Waals surface area contributed by atoms with E-state index in [0.717, 1.165) is 31.2 Å². The quantitative estimate of drug-likeness (QED) is 0.180. The summed E-state index contributed by atoms with van der Waals surface area (Å²) in [6.45, 7) is 1.70. The maximum absolute atomic E-state index is 12.6. The van der Waals surface area contributed by atoms with Crippen molar-refractivity contribution in [3.63, 3.8) is 0 Å². The van der Waals surface area contributed by atoms with Gasteiger partial charge >= 0.3 is 12.6 Å². The van der Waals surface area contributed by atoms with Gasteiger partial charge in [0.25, 0.3) is 15.9 Å². The zero-order valence-corrected chi connectivity index (χ0v) is 26.2. The molecule has 3 N–H and O–H groups in total. The van der Waals surface area contributed by atoms with Crippen LogP contribution in [0.5, 0.6) is 11.5 Å². The highest BCUT2D eigenvalue weighted by Crippen LogP contribution is 2.35. The van der Waals surface area contributed by atoms with Crippen LogP contribution in [0.1, 0.15) is 48.5 Å². The van der Waals surface area contributed by atoms with Crippen molar-refractivity contribution in [2.75, 3.05) is 18.5 Å². The Bertz CT molecular complexity index is 1520. The Morgan fingerprint density at radius 3 is 2.30 bits per heavy atom. The molecule has 44 heavy (non-hydrogen) atoms. The molecule has 0 unspecified atom stereocenters. The second-order valence-corrected chi connectivity index (χ2v) is 12.3. The monoisotopic (exact) mass is 672 g/mol. The van der Waals surface area contributed by atoms with E-state index in [4.69, 9.17) is 27.9 Å². The van der Waals surface area contributed by atoms with Gasteiger partial charge in [-0.1, -0.05) is 54.2 Å². The van der Waals surface area contributed by atoms with Crippen molar-refractivity contribution >= 4 is 50.9 Å². The number of benzene rings is 2. The Labute approximate surface area is 264 Å². The number of halogens is 4. The lowest BCUT2D eigenvalue weighted by Gasteiger charge is -2.14. The number of sulfonamides is 1. The Kier molecular flexibility index (Phi) is 13.0. The standard InChI is InChI=1S/C17H14Cl2F2N2O3.C12H18N2O3S/c18-11-6-22-7-12(19)15(11)23-16(24)10-3-4-13(26-17(20)21)14(5-10)25-8-9-1-2-9;1-3-4-9-13-12(15)14-18(16,17)11-7-5-10(2)6-8-11/h3-7,9,17H,1-2,8H2,(H,22,23,24);5-8H,3-4,9H2,1-2H3,(H2,13,14,15). The van der Waals surface area contributed by atoms with Gasteiger partial charge < -0.3 is 20.1 Å². The first-order valence-electron chi connectivity index (χ1n) is 13.6. The average Bonchev–Trinajstić information content (AvgIpc) is 3.79. The Morgan fingerprint density at radius 1 is 1.05 bits per heavy atom. The number of hydrogen-bond donors (Lipinski definition) is 3. The van der Waals surface area contributed by atoms with Crippen molar-refractivity contribution in [3.05, 3.63) is 76.0 Å². The molecular weight excluding hydrogens is 641 g/mol. The molecule has 1 fully saturated rings. The number of pyridine rings is 1. The number of aromatic nitrogens is 1. The van der Waals surface area contributed by atoms with Crippen molar-refractivity contribution in [3.8, 4) is 11.5 Å². The third-order valence-corrected chi connectivity index (χ3v) is 7.98. The topological polar surface area (TPSA) is 136 Å². The number of nitrogens with zero attached hydrogens (tertiary/aromatic N) is 1. The molecule has 4 rings (SSSR count). The highest BCUT2D eigenvalue weighted by molar-refractivity contribution is 7.90. The minimum Gasteiger partial charge on any atom is -0.489 e. The zero-order chi connectivity index (χ0) is 32.3. The molecule has 0 spiro atoms. The first-order chi connectivity index (χ1) is 20.9. The highest BCUT2D eigenvalue weighted by Gasteiger charge is 2.24. The predicted molar refractivity (Wildman–Crippen MR) is 163 cm³/mol. The van der Waals surface area contributed by atoms with Crippen LogP contribution >= 0.6 is 23.2 Å². The summed E-state index contributed by atoms with van der Waals surface area (Å²) in [4.78, 5) is 27.7. The van der Waals surface area contributed by atoms with Gasteiger partial charge in [-0.2, -0.15) is 8.78 Å². The molecule has 0 bridgehead atoms. The van der Waals surface area contributed by atoms with Crippen LogP contribution in [0.2, 0.25) is 10.0 Å². The fraction of sp³-hybridized carbons (Fsp3) is 0.345. The fourth-order valence-electron chi connectivity index (χ4n) is 3.48. The van der Waals surface area contributed by atoms with Crippen LogP contribution in [0.15, 0.2) is 59.8 Å². The van der Waals surface area contributed by atoms with E-state index in [2.05, 4.69) is 20.4 Å². The molecule has 0 radical (unpaired) electrons. The number of carbonyl (C=O) groups is 2. The molecule has 0 atom stereocenters. The molecule has 15 heteroatoms. The second-order valence-electron chi connectivity index (χ2n) is 9.75. The number of hydrogen-bond acceptors (Lipinski definition) is 7. The van der Waals surface area contributed by atoms with Crippen molar-refractivity contribution in [2.45, 2.75) is 51.0 Å². The third kappa shape index (κ3) is 11.1. The maximum atomic E-state index is 12.6. The van der Waals surface area contributed by atoms with E-state index in [1.807, 2.05) is 18.6 Å². The van der Waals surface area contributed by atoms with Crippen molar-refractivity contribution in [1.82, 2.24) is 15.0 Å². The van der Waals surface area contributed by atoms with Gasteiger partial charge in [0, 0.05) is 24.5 Å². The van der Waals surface area contributed by atoms with E-state index >= 15 is 0 Å². The molecule has 0 aliphatic heterocycles. The number of anilines is 1. The van der Waals surface area contributed by atoms with E-state index in [1.54, 1.807) is 12.1 Å². The molecule has 238 valence electrons. The van der Waals surface area contributed by atoms with E-state index < -0.39 is 28.6 Å². The molecular formula is C29H32Cl2F2N4O6S. The van der Waals surface area contributed by atoms with E-state index in [0.29, 0.717) is 19.1 Å². The van der Waals surface area contributed by atoms with Crippen LogP contribution < -0.4 is 24.8 Å². The number of carbonyl (C=O) groups excluding carboxylic acids is 2. The largest absolute Gasteiger partial charge is 0.489 e. The first kappa shape index (κ1) is 34.8. The molecule has 0 saturated heterocycles. The summed E-state index contributed by atoms with van der Waals surface area (Å²) in [5.74, 6) is -0.171. The second kappa shape index (κ2) is 16.4. The summed E-state index contributed by atoms with van der Waals surface area (Å²) in [6.07, 6.45) is 6.50. The summed E-state index contributed by atoms with van der Waals surface area (Å²) >= 11 is 12.0. The van der Waals surface area contributed by atoms with Crippen LogP contribution in [0.4, 0.5) is 19.3 Å². The smallest absolute Gasteiger partial charge is 0.387 e. The summed E-state index contributed by atoms with van der Waals surface area (Å²) < 4.78 is 60.7. The van der Waals surface area contributed by atoms with Gasteiger partial charge in [0.1, 0.15) is 0 Å². The van der Waals surface area contributed by atoms with Crippen LogP contribution in [-0.2, 0) is 10.0 Å². The summed E-state index contributed by atoms with van der Waals surface area (Å²) in [7, 11) is -3.78. The van der Waals surface area contributed by atoms with Crippen LogP contribution in [0, 0.1) is 12.8 Å². The molecule has 2 aromatic carbocycles. The summed E-state index contributed by atoms with van der Waals surface area (Å²) in [6, 6.07) is 9.57. The number of nitrogens with one attached hydrogen (secondary N) is 3. The van der Waals surface area contributed by atoms with Gasteiger partial charge in [0.05, 0.1) is 27.2 Å². The Hall–Kier alpha value is -3.68. The van der Waals surface area contributed by atoms with Crippen molar-refractivity contribution < 1.29 is 36.3 Å². The maximum Gasteiger partial charge on any atom is 0.387 e. The number of urea groups is 1. The molecule has 3 amide bonds. The zero-order valence-electron chi connectivity index (χ0n) is 23.9. The molecule has 1 heterocycles. The lowest BCUT2D eigenvalue weighted by molar-refractivity contribution is -0.0515. The van der Waals surface area contributed by atoms with Crippen LogP contribution in [-0.4, -0.2) is 45.1 Å². The van der Waals surface area contributed by atoms with Gasteiger partial charge in [-0.05, 0) is 62.4 Å². The number of aryl methyl sites for hydroxylation is 1. The molecule has 3 aromatic rings. The minimum absolute atomic E-state index is 0.0803. The summed E-state index contributed by atoms with van der Waals surface area (Å²) in [5, 5.41) is 5.41. The summed E-state index contributed by atoms with van der Waals surface area (Å²) in [5.41, 5.74) is 1.35. The highest BCUT2D eigenvalue weighted by atomic mass is 35.5. The predicted octanol–water partition coefficient (Wildman–Crippen LogP) is 6.81. The Morgan fingerprint density at radius 2 is 1.70 bits per heavy atom. The van der Waals surface area contributed by atoms with Crippen LogP contribution in [0.3, 0.4) is 0 Å². The van der Waals surface area contributed by atoms with Crippen molar-refractivity contribution in [2.24, 2.45) is 5.92 Å². The molecule has 1 saturated carbocycles. The fourth-order valence-corrected chi connectivity index (χ4v) is 4.86. The van der Waals surface area contributed by atoms with Crippen molar-refractivity contribution in [1.29, 1.82) is 0 Å². The molecule has 1 aromatic heterocycles. The van der Waals surface area contributed by atoms with E-state index in [-0.39, 0.29) is 37.7 Å².